The minimum atomic E-state index is -0.109. The smallest absolute Gasteiger partial charge is 0.267 e. The summed E-state index contributed by atoms with van der Waals surface area (Å²) in [7, 11) is 0. The van der Waals surface area contributed by atoms with Crippen LogP contribution in [-0.4, -0.2) is 27.2 Å². The standard InChI is InChI=1S/C11H12Br2N4O/c12-8-7-9(16-10(8)13)11(18)14-3-1-5-17-6-2-4-15-17/h2,4,6-7,16H,1,3,5H2,(H,14,18). The predicted octanol–water partition coefficient (Wildman–Crippen LogP) is 2.56. The molecule has 0 bridgehead atoms. The Hall–Kier alpha value is -1.08. The first kappa shape index (κ1) is 13.4. The fourth-order valence-electron chi connectivity index (χ4n) is 1.50. The van der Waals surface area contributed by atoms with Crippen LogP contribution in [0.4, 0.5) is 0 Å². The first-order valence-corrected chi connectivity index (χ1v) is 7.05. The lowest BCUT2D eigenvalue weighted by molar-refractivity contribution is 0.0948. The third kappa shape index (κ3) is 3.46. The third-order valence-corrected chi connectivity index (χ3v) is 4.16. The van der Waals surface area contributed by atoms with Gasteiger partial charge in [0.05, 0.1) is 9.08 Å². The molecule has 2 heterocycles. The quantitative estimate of drug-likeness (QED) is 0.789. The molecule has 2 aromatic heterocycles. The number of aromatic amines is 1. The van der Waals surface area contributed by atoms with E-state index in [9.17, 15) is 4.79 Å². The maximum absolute atomic E-state index is 11.8. The molecule has 0 unspecified atom stereocenters. The van der Waals surface area contributed by atoms with Crippen LogP contribution in [0, 0.1) is 0 Å². The number of aryl methyl sites for hydroxylation is 1. The fourth-order valence-corrected chi connectivity index (χ4v) is 2.15. The van der Waals surface area contributed by atoms with E-state index in [-0.39, 0.29) is 5.91 Å². The van der Waals surface area contributed by atoms with E-state index in [1.165, 1.54) is 0 Å². The van der Waals surface area contributed by atoms with Crippen LogP contribution in [0.15, 0.2) is 33.6 Å². The number of hydrogen-bond acceptors (Lipinski definition) is 2. The topological polar surface area (TPSA) is 62.7 Å². The molecule has 7 heteroatoms. The van der Waals surface area contributed by atoms with Crippen molar-refractivity contribution in [3.05, 3.63) is 39.3 Å². The molecule has 0 saturated carbocycles. The van der Waals surface area contributed by atoms with Crippen molar-refractivity contribution in [2.45, 2.75) is 13.0 Å². The van der Waals surface area contributed by atoms with Crippen molar-refractivity contribution in [3.63, 3.8) is 0 Å². The number of nitrogens with one attached hydrogen (secondary N) is 2. The highest BCUT2D eigenvalue weighted by Crippen LogP contribution is 2.22. The summed E-state index contributed by atoms with van der Waals surface area (Å²) in [5.74, 6) is -0.109. The Morgan fingerprint density at radius 1 is 1.50 bits per heavy atom. The van der Waals surface area contributed by atoms with E-state index < -0.39 is 0 Å². The monoisotopic (exact) mass is 374 g/mol. The van der Waals surface area contributed by atoms with E-state index in [4.69, 9.17) is 0 Å². The number of carbonyl (C=O) groups excluding carboxylic acids is 1. The molecule has 96 valence electrons. The molecule has 0 spiro atoms. The van der Waals surface area contributed by atoms with Crippen molar-refractivity contribution in [1.29, 1.82) is 0 Å². The number of H-pyrrole nitrogens is 1. The predicted molar refractivity (Wildman–Crippen MR) is 75.4 cm³/mol. The van der Waals surface area contributed by atoms with Crippen LogP contribution in [0.25, 0.3) is 0 Å². The van der Waals surface area contributed by atoms with Gasteiger partial charge in [0.15, 0.2) is 0 Å². The number of rotatable bonds is 5. The summed E-state index contributed by atoms with van der Waals surface area (Å²) in [5.41, 5.74) is 0.535. The van der Waals surface area contributed by atoms with Crippen molar-refractivity contribution in [2.75, 3.05) is 6.54 Å². The number of hydrogen-bond donors (Lipinski definition) is 2. The van der Waals surface area contributed by atoms with Crippen LogP contribution in [0.1, 0.15) is 16.9 Å². The molecule has 18 heavy (non-hydrogen) atoms. The number of carbonyl (C=O) groups is 1. The van der Waals surface area contributed by atoms with Gasteiger partial charge in [0, 0.05) is 25.5 Å². The molecule has 0 radical (unpaired) electrons. The highest BCUT2D eigenvalue weighted by Gasteiger charge is 2.10. The average Bonchev–Trinajstić information content (AvgIpc) is 2.96. The number of amides is 1. The van der Waals surface area contributed by atoms with Gasteiger partial charge < -0.3 is 10.3 Å². The molecule has 0 atom stereocenters. The zero-order chi connectivity index (χ0) is 13.0. The molecule has 0 aliphatic heterocycles. The number of halogens is 2. The molecule has 2 N–H and O–H groups in total. The van der Waals surface area contributed by atoms with Crippen LogP contribution in [0.5, 0.6) is 0 Å². The lowest BCUT2D eigenvalue weighted by Gasteiger charge is -2.04. The zero-order valence-electron chi connectivity index (χ0n) is 9.49. The van der Waals surface area contributed by atoms with Crippen LogP contribution in [0.2, 0.25) is 0 Å². The van der Waals surface area contributed by atoms with Gasteiger partial charge in [-0.25, -0.2) is 0 Å². The van der Waals surface area contributed by atoms with Gasteiger partial charge in [-0.1, -0.05) is 0 Å². The highest BCUT2D eigenvalue weighted by molar-refractivity contribution is 9.13. The summed E-state index contributed by atoms with van der Waals surface area (Å²) in [5, 5.41) is 6.94. The van der Waals surface area contributed by atoms with Gasteiger partial charge in [-0.15, -0.1) is 0 Å². The molecular weight excluding hydrogens is 364 g/mol. The van der Waals surface area contributed by atoms with Crippen LogP contribution in [0.3, 0.4) is 0 Å². The SMILES string of the molecule is O=C(NCCCn1cccn1)c1cc(Br)c(Br)[nH]1. The van der Waals surface area contributed by atoms with Crippen molar-refractivity contribution in [3.8, 4) is 0 Å². The largest absolute Gasteiger partial charge is 0.351 e. The van der Waals surface area contributed by atoms with Gasteiger partial charge in [0.2, 0.25) is 0 Å². The van der Waals surface area contributed by atoms with Gasteiger partial charge in [0.1, 0.15) is 5.69 Å². The van der Waals surface area contributed by atoms with Gasteiger partial charge in [-0.2, -0.15) is 5.10 Å². The lowest BCUT2D eigenvalue weighted by Crippen LogP contribution is -2.25. The fraction of sp³-hybridized carbons (Fsp3) is 0.273. The van der Waals surface area contributed by atoms with Gasteiger partial charge in [-0.05, 0) is 50.4 Å². The molecule has 1 amide bonds. The molecule has 0 aromatic carbocycles. The van der Waals surface area contributed by atoms with E-state index in [0.29, 0.717) is 12.2 Å². The minimum absolute atomic E-state index is 0.109. The Labute approximate surface area is 121 Å². The van der Waals surface area contributed by atoms with E-state index >= 15 is 0 Å². The molecule has 0 aliphatic carbocycles. The summed E-state index contributed by atoms with van der Waals surface area (Å²) in [6.07, 6.45) is 4.49. The summed E-state index contributed by atoms with van der Waals surface area (Å²) in [6.45, 7) is 1.42. The van der Waals surface area contributed by atoms with Crippen LogP contribution < -0.4 is 5.32 Å². The second-order valence-electron chi connectivity index (χ2n) is 3.72. The maximum Gasteiger partial charge on any atom is 0.267 e. The van der Waals surface area contributed by atoms with Crippen LogP contribution in [-0.2, 0) is 6.54 Å². The Bertz CT molecular complexity index is 502. The molecule has 0 aliphatic rings. The Morgan fingerprint density at radius 3 is 2.94 bits per heavy atom. The molecular formula is C11H12Br2N4O. The Balaban J connectivity index is 1.75. The molecule has 0 fully saturated rings. The summed E-state index contributed by atoms with van der Waals surface area (Å²) >= 11 is 6.62. The van der Waals surface area contributed by atoms with Gasteiger partial charge in [0.25, 0.3) is 5.91 Å². The number of aromatic nitrogens is 3. The minimum Gasteiger partial charge on any atom is -0.351 e. The number of nitrogens with zero attached hydrogens (tertiary/aromatic N) is 2. The third-order valence-electron chi connectivity index (χ3n) is 2.38. The van der Waals surface area contributed by atoms with Gasteiger partial charge in [-0.3, -0.25) is 9.48 Å². The second kappa shape index (κ2) is 6.19. The van der Waals surface area contributed by atoms with E-state index in [0.717, 1.165) is 22.0 Å². The van der Waals surface area contributed by atoms with Crippen molar-refractivity contribution in [2.24, 2.45) is 0 Å². The zero-order valence-corrected chi connectivity index (χ0v) is 12.7. The van der Waals surface area contributed by atoms with Crippen molar-refractivity contribution in [1.82, 2.24) is 20.1 Å². The van der Waals surface area contributed by atoms with Gasteiger partial charge >= 0.3 is 0 Å². The lowest BCUT2D eigenvalue weighted by atomic mass is 10.3. The molecule has 0 saturated heterocycles. The van der Waals surface area contributed by atoms with Crippen molar-refractivity contribution >= 4 is 37.8 Å². The van der Waals surface area contributed by atoms with E-state index in [2.05, 4.69) is 47.3 Å². The molecule has 2 aromatic rings. The van der Waals surface area contributed by atoms with Crippen LogP contribution >= 0.6 is 31.9 Å². The average molecular weight is 376 g/mol. The molecule has 2 rings (SSSR count). The maximum atomic E-state index is 11.8. The van der Waals surface area contributed by atoms with Crippen molar-refractivity contribution < 1.29 is 4.79 Å². The first-order valence-electron chi connectivity index (χ1n) is 5.46. The second-order valence-corrected chi connectivity index (χ2v) is 5.37. The Morgan fingerprint density at radius 2 is 2.33 bits per heavy atom. The Kier molecular flexibility index (Phi) is 4.60. The molecule has 5 nitrogen and oxygen atoms in total. The van der Waals surface area contributed by atoms with E-state index in [1.54, 1.807) is 12.3 Å². The normalized spacial score (nSPS) is 10.6. The first-order chi connectivity index (χ1) is 8.66. The highest BCUT2D eigenvalue weighted by atomic mass is 79.9. The summed E-state index contributed by atoms with van der Waals surface area (Å²) < 4.78 is 3.45. The van der Waals surface area contributed by atoms with E-state index in [1.807, 2.05) is 16.9 Å². The summed E-state index contributed by atoms with van der Waals surface area (Å²) in [4.78, 5) is 14.7. The summed E-state index contributed by atoms with van der Waals surface area (Å²) in [6, 6.07) is 3.62.